The van der Waals surface area contributed by atoms with Gasteiger partial charge in [-0.1, -0.05) is 36.4 Å². The third-order valence-corrected chi connectivity index (χ3v) is 5.48. The van der Waals surface area contributed by atoms with Gasteiger partial charge in [0.25, 0.3) is 0 Å². The molecule has 0 aliphatic heterocycles. The standard InChI is InChI=1S/C19H21N3O2S/c1-22(16-11-10-13-6-2-3-7-14(13)16)19(24)21-15-8-4-5-9-17(15)25-12-18(20)23/h2-9,16H,10-12H2,1H3,(H2,20,23)(H,21,24). The molecule has 0 spiro atoms. The molecule has 3 N–H and O–H groups in total. The Morgan fingerprint density at radius 3 is 2.72 bits per heavy atom. The fourth-order valence-electron chi connectivity index (χ4n) is 3.13. The van der Waals surface area contributed by atoms with Crippen molar-refractivity contribution < 1.29 is 9.59 Å². The highest BCUT2D eigenvalue weighted by molar-refractivity contribution is 8.00. The van der Waals surface area contributed by atoms with E-state index >= 15 is 0 Å². The lowest BCUT2D eigenvalue weighted by Crippen LogP contribution is -2.34. The molecule has 5 nitrogen and oxygen atoms in total. The number of urea groups is 1. The number of amides is 3. The molecule has 0 saturated heterocycles. The van der Waals surface area contributed by atoms with Crippen LogP contribution in [0, 0.1) is 0 Å². The second-order valence-corrected chi connectivity index (χ2v) is 7.06. The Bertz CT molecular complexity index is 794. The maximum Gasteiger partial charge on any atom is 0.322 e. The summed E-state index contributed by atoms with van der Waals surface area (Å²) in [5.74, 6) is -0.204. The van der Waals surface area contributed by atoms with Gasteiger partial charge < -0.3 is 16.0 Å². The summed E-state index contributed by atoms with van der Waals surface area (Å²) in [5.41, 5.74) is 8.43. The number of aryl methyl sites for hydroxylation is 1. The molecule has 0 bridgehead atoms. The van der Waals surface area contributed by atoms with Crippen molar-refractivity contribution in [2.75, 3.05) is 18.1 Å². The quantitative estimate of drug-likeness (QED) is 0.807. The summed E-state index contributed by atoms with van der Waals surface area (Å²) in [6.45, 7) is 0. The molecular weight excluding hydrogens is 334 g/mol. The number of nitrogens with two attached hydrogens (primary N) is 1. The first kappa shape index (κ1) is 17.4. The maximum absolute atomic E-state index is 12.7. The van der Waals surface area contributed by atoms with Crippen LogP contribution in [0.2, 0.25) is 0 Å². The third-order valence-electron chi connectivity index (χ3n) is 4.39. The monoisotopic (exact) mass is 355 g/mol. The third kappa shape index (κ3) is 3.96. The van der Waals surface area contributed by atoms with Crippen molar-refractivity contribution in [2.24, 2.45) is 5.73 Å². The first-order chi connectivity index (χ1) is 12.1. The molecule has 0 aromatic heterocycles. The number of rotatable bonds is 5. The largest absolute Gasteiger partial charge is 0.369 e. The van der Waals surface area contributed by atoms with Crippen LogP contribution in [0.3, 0.4) is 0 Å². The zero-order chi connectivity index (χ0) is 17.8. The number of anilines is 1. The van der Waals surface area contributed by atoms with Crippen molar-refractivity contribution in [3.8, 4) is 0 Å². The van der Waals surface area contributed by atoms with Crippen molar-refractivity contribution in [1.29, 1.82) is 0 Å². The predicted molar refractivity (Wildman–Crippen MR) is 101 cm³/mol. The van der Waals surface area contributed by atoms with E-state index in [4.69, 9.17) is 5.73 Å². The molecule has 0 heterocycles. The van der Waals surface area contributed by atoms with Gasteiger partial charge >= 0.3 is 6.03 Å². The molecule has 0 radical (unpaired) electrons. The van der Waals surface area contributed by atoms with E-state index in [-0.39, 0.29) is 23.7 Å². The number of benzene rings is 2. The van der Waals surface area contributed by atoms with Crippen LogP contribution in [0.4, 0.5) is 10.5 Å². The van der Waals surface area contributed by atoms with Crippen LogP contribution >= 0.6 is 11.8 Å². The van der Waals surface area contributed by atoms with E-state index in [1.165, 1.54) is 22.9 Å². The molecule has 3 amide bonds. The van der Waals surface area contributed by atoms with Crippen LogP contribution in [0.25, 0.3) is 0 Å². The van der Waals surface area contributed by atoms with Crippen molar-refractivity contribution in [1.82, 2.24) is 4.90 Å². The van der Waals surface area contributed by atoms with Gasteiger partial charge in [-0.3, -0.25) is 4.79 Å². The van der Waals surface area contributed by atoms with Crippen molar-refractivity contribution in [3.63, 3.8) is 0 Å². The fraction of sp³-hybridized carbons (Fsp3) is 0.263. The summed E-state index contributed by atoms with van der Waals surface area (Å²) in [6, 6.07) is 15.6. The molecule has 130 valence electrons. The highest BCUT2D eigenvalue weighted by atomic mass is 32.2. The number of nitrogens with one attached hydrogen (secondary N) is 1. The minimum absolute atomic E-state index is 0.0848. The van der Waals surface area contributed by atoms with Gasteiger partial charge in [-0.25, -0.2) is 4.79 Å². The number of nitrogens with zero attached hydrogens (tertiary/aromatic N) is 1. The lowest BCUT2D eigenvalue weighted by Gasteiger charge is -2.26. The minimum Gasteiger partial charge on any atom is -0.369 e. The van der Waals surface area contributed by atoms with Crippen molar-refractivity contribution >= 4 is 29.4 Å². The van der Waals surface area contributed by atoms with E-state index in [0.29, 0.717) is 5.69 Å². The summed E-state index contributed by atoms with van der Waals surface area (Å²) in [7, 11) is 1.82. The average molecular weight is 355 g/mol. The van der Waals surface area contributed by atoms with Crippen LogP contribution in [0.15, 0.2) is 53.4 Å². The molecule has 0 fully saturated rings. The molecule has 1 aliphatic carbocycles. The van der Waals surface area contributed by atoms with E-state index in [0.717, 1.165) is 17.7 Å². The van der Waals surface area contributed by atoms with Crippen LogP contribution in [0.5, 0.6) is 0 Å². The van der Waals surface area contributed by atoms with Gasteiger partial charge in [-0.05, 0) is 36.1 Å². The first-order valence-corrected chi connectivity index (χ1v) is 9.16. The lowest BCUT2D eigenvalue weighted by atomic mass is 10.1. The van der Waals surface area contributed by atoms with Crippen LogP contribution in [-0.4, -0.2) is 29.6 Å². The van der Waals surface area contributed by atoms with Gasteiger partial charge in [0.2, 0.25) is 5.91 Å². The molecule has 0 saturated carbocycles. The number of fused-ring (bicyclic) bond motifs is 1. The topological polar surface area (TPSA) is 75.4 Å². The normalized spacial score (nSPS) is 15.5. The Kier molecular flexibility index (Phi) is 5.28. The summed E-state index contributed by atoms with van der Waals surface area (Å²) >= 11 is 1.32. The zero-order valence-electron chi connectivity index (χ0n) is 14.1. The average Bonchev–Trinajstić information content (AvgIpc) is 3.04. The molecule has 2 aromatic carbocycles. The molecule has 1 atom stereocenters. The van der Waals surface area contributed by atoms with E-state index in [9.17, 15) is 9.59 Å². The van der Waals surface area contributed by atoms with E-state index in [2.05, 4.69) is 17.4 Å². The number of para-hydroxylation sites is 1. The molecular formula is C19H21N3O2S. The van der Waals surface area contributed by atoms with Crippen molar-refractivity contribution in [3.05, 3.63) is 59.7 Å². The van der Waals surface area contributed by atoms with Gasteiger partial charge in [0.1, 0.15) is 0 Å². The van der Waals surface area contributed by atoms with Gasteiger partial charge in [-0.15, -0.1) is 11.8 Å². The van der Waals surface area contributed by atoms with Crippen LogP contribution < -0.4 is 11.1 Å². The predicted octanol–water partition coefficient (Wildman–Crippen LogP) is 3.42. The number of hydrogen-bond donors (Lipinski definition) is 2. The highest BCUT2D eigenvalue weighted by Crippen LogP contribution is 2.35. The van der Waals surface area contributed by atoms with Crippen LogP contribution in [0.1, 0.15) is 23.6 Å². The van der Waals surface area contributed by atoms with Crippen LogP contribution in [-0.2, 0) is 11.2 Å². The van der Waals surface area contributed by atoms with E-state index < -0.39 is 0 Å². The Balaban J connectivity index is 1.72. The Labute approximate surface area is 151 Å². The molecule has 1 aliphatic rings. The van der Waals surface area contributed by atoms with Gasteiger partial charge in [0.05, 0.1) is 17.5 Å². The number of hydrogen-bond acceptors (Lipinski definition) is 3. The Morgan fingerprint density at radius 1 is 1.20 bits per heavy atom. The Morgan fingerprint density at radius 2 is 1.92 bits per heavy atom. The highest BCUT2D eigenvalue weighted by Gasteiger charge is 2.28. The Hall–Kier alpha value is -2.47. The summed E-state index contributed by atoms with van der Waals surface area (Å²) in [6.07, 6.45) is 1.92. The van der Waals surface area contributed by atoms with Gasteiger partial charge in [-0.2, -0.15) is 0 Å². The SMILES string of the molecule is CN(C(=O)Nc1ccccc1SCC(N)=O)C1CCc2ccccc21. The fourth-order valence-corrected chi connectivity index (χ4v) is 3.87. The number of carbonyl (C=O) groups excluding carboxylic acids is 2. The summed E-state index contributed by atoms with van der Waals surface area (Å²) in [5, 5.41) is 2.96. The van der Waals surface area contributed by atoms with Gasteiger partial charge in [0.15, 0.2) is 0 Å². The van der Waals surface area contributed by atoms with E-state index in [1.807, 2.05) is 43.4 Å². The number of thioether (sulfide) groups is 1. The summed E-state index contributed by atoms with van der Waals surface area (Å²) in [4.78, 5) is 26.3. The van der Waals surface area contributed by atoms with Gasteiger partial charge in [0, 0.05) is 11.9 Å². The first-order valence-electron chi connectivity index (χ1n) is 8.18. The zero-order valence-corrected chi connectivity index (χ0v) is 14.9. The molecule has 2 aromatic rings. The molecule has 1 unspecified atom stereocenters. The van der Waals surface area contributed by atoms with E-state index in [1.54, 1.807) is 4.90 Å². The number of primary amides is 1. The smallest absolute Gasteiger partial charge is 0.322 e. The van der Waals surface area contributed by atoms with Crippen molar-refractivity contribution in [2.45, 2.75) is 23.8 Å². The maximum atomic E-state index is 12.7. The molecule has 6 heteroatoms. The molecule has 3 rings (SSSR count). The summed E-state index contributed by atoms with van der Waals surface area (Å²) < 4.78 is 0. The lowest BCUT2D eigenvalue weighted by molar-refractivity contribution is -0.115. The second kappa shape index (κ2) is 7.61. The minimum atomic E-state index is -0.384. The molecule has 25 heavy (non-hydrogen) atoms. The second-order valence-electron chi connectivity index (χ2n) is 6.05. The number of carbonyl (C=O) groups is 2.